The molecule has 3 atom stereocenters. The normalized spacial score (nSPS) is 23.3. The van der Waals surface area contributed by atoms with Gasteiger partial charge in [0, 0.05) is 43.2 Å². The number of benzene rings is 1. The molecule has 1 aliphatic heterocycles. The third-order valence-corrected chi connectivity index (χ3v) is 6.16. The van der Waals surface area contributed by atoms with Gasteiger partial charge in [-0.3, -0.25) is 14.6 Å². The van der Waals surface area contributed by atoms with E-state index in [9.17, 15) is 9.59 Å². The lowest BCUT2D eigenvalue weighted by atomic mass is 9.71. The van der Waals surface area contributed by atoms with Crippen LogP contribution in [0, 0.1) is 5.92 Å². The Morgan fingerprint density at radius 3 is 2.55 bits per heavy atom. The number of hydrogen-bond acceptors (Lipinski definition) is 6. The topological polar surface area (TPSA) is 72.1 Å². The number of carbonyl (C=O) groups excluding carboxylic acids is 2. The zero-order chi connectivity index (χ0) is 22.1. The van der Waals surface area contributed by atoms with Gasteiger partial charge in [0.15, 0.2) is 5.78 Å². The van der Waals surface area contributed by atoms with Crippen molar-refractivity contribution in [2.45, 2.75) is 38.5 Å². The van der Waals surface area contributed by atoms with Crippen LogP contribution in [0.2, 0.25) is 0 Å². The van der Waals surface area contributed by atoms with Gasteiger partial charge < -0.3 is 14.1 Å². The van der Waals surface area contributed by atoms with Crippen molar-refractivity contribution in [2.75, 3.05) is 25.6 Å². The molecule has 0 saturated heterocycles. The minimum atomic E-state index is -0.648. The molecule has 1 aromatic carbocycles. The summed E-state index contributed by atoms with van der Waals surface area (Å²) >= 11 is 0. The maximum atomic E-state index is 13.4. The average Bonchev–Trinajstić information content (AvgIpc) is 3.27. The van der Waals surface area contributed by atoms with E-state index in [0.717, 1.165) is 16.9 Å². The zero-order valence-corrected chi connectivity index (χ0v) is 18.4. The third kappa shape index (κ3) is 3.94. The third-order valence-electron chi connectivity index (χ3n) is 6.16. The van der Waals surface area contributed by atoms with Gasteiger partial charge in [-0.25, -0.2) is 0 Å². The smallest absolute Gasteiger partial charge is 0.315 e. The lowest BCUT2D eigenvalue weighted by Gasteiger charge is -2.35. The Bertz CT molecular complexity index is 1030. The maximum absolute atomic E-state index is 13.4. The number of anilines is 1. The molecule has 1 aromatic heterocycles. The first-order chi connectivity index (χ1) is 14.9. The molecule has 31 heavy (non-hydrogen) atoms. The van der Waals surface area contributed by atoms with Gasteiger partial charge in [-0.1, -0.05) is 12.1 Å². The Morgan fingerprint density at radius 2 is 1.94 bits per heavy atom. The van der Waals surface area contributed by atoms with Gasteiger partial charge in [0.25, 0.3) is 0 Å². The molecule has 2 heterocycles. The van der Waals surface area contributed by atoms with Crippen LogP contribution in [0.15, 0.2) is 63.3 Å². The van der Waals surface area contributed by atoms with Gasteiger partial charge >= 0.3 is 5.97 Å². The molecular formula is C25H28N2O4. The second kappa shape index (κ2) is 8.53. The van der Waals surface area contributed by atoms with E-state index in [-0.39, 0.29) is 24.3 Å². The van der Waals surface area contributed by atoms with Crippen LogP contribution in [0.1, 0.15) is 49.8 Å². The highest BCUT2D eigenvalue weighted by molar-refractivity contribution is 6.09. The number of nitrogens with zero attached hydrogens (tertiary/aromatic N) is 2. The van der Waals surface area contributed by atoms with Crippen LogP contribution in [-0.4, -0.2) is 38.2 Å². The number of carbonyl (C=O) groups is 2. The molecule has 0 bridgehead atoms. The number of hydrogen-bond donors (Lipinski definition) is 0. The number of esters is 1. The first-order valence-electron chi connectivity index (χ1n) is 10.7. The predicted octanol–water partition coefficient (Wildman–Crippen LogP) is 4.48. The molecule has 0 saturated carbocycles. The summed E-state index contributed by atoms with van der Waals surface area (Å²) in [7, 11) is 4.01. The Balaban J connectivity index is 1.72. The summed E-state index contributed by atoms with van der Waals surface area (Å²) in [5, 5.41) is 0. The first-order valence-corrected chi connectivity index (χ1v) is 10.7. The van der Waals surface area contributed by atoms with Crippen molar-refractivity contribution < 1.29 is 18.7 Å². The highest BCUT2D eigenvalue weighted by atomic mass is 16.5. The Morgan fingerprint density at radius 1 is 1.19 bits per heavy atom. The van der Waals surface area contributed by atoms with E-state index in [4.69, 9.17) is 14.1 Å². The SMILES string of the molecule is CCOC(=O)C1C(C)=NC2=C(C(=O)C[C@@H](c3ccc(N(C)C)cc3)C2)[C@H]1c1ccco1. The van der Waals surface area contributed by atoms with Crippen LogP contribution in [0.3, 0.4) is 0 Å². The lowest BCUT2D eigenvalue weighted by Crippen LogP contribution is -2.38. The van der Waals surface area contributed by atoms with Crippen LogP contribution >= 0.6 is 0 Å². The summed E-state index contributed by atoms with van der Waals surface area (Å²) in [5.41, 5.74) is 4.26. The van der Waals surface area contributed by atoms with Crippen LogP contribution in [-0.2, 0) is 14.3 Å². The quantitative estimate of drug-likeness (QED) is 0.667. The summed E-state index contributed by atoms with van der Waals surface area (Å²) in [6, 6.07) is 11.9. The standard InChI is InChI=1S/C25H28N2O4/c1-5-30-25(29)22-15(2)26-19-13-17(16-8-10-18(11-9-16)27(3)4)14-20(28)23(19)24(22)21-7-6-12-31-21/h6-12,17,22,24H,5,13-14H2,1-4H3/t17-,22?,24-/m0/s1. The van der Waals surface area contributed by atoms with E-state index >= 15 is 0 Å². The molecule has 1 unspecified atom stereocenters. The van der Waals surface area contributed by atoms with E-state index < -0.39 is 11.8 Å². The molecule has 0 N–H and O–H groups in total. The summed E-state index contributed by atoms with van der Waals surface area (Å²) in [6.45, 7) is 3.89. The fourth-order valence-corrected chi connectivity index (χ4v) is 4.65. The molecule has 2 aromatic rings. The Kier molecular flexibility index (Phi) is 5.81. The van der Waals surface area contributed by atoms with Gasteiger partial charge in [0.1, 0.15) is 11.7 Å². The van der Waals surface area contributed by atoms with E-state index in [2.05, 4.69) is 29.2 Å². The van der Waals surface area contributed by atoms with Crippen LogP contribution < -0.4 is 4.90 Å². The zero-order valence-electron chi connectivity index (χ0n) is 18.4. The number of Topliss-reactive ketones (excluding diaryl/α,β-unsaturated/α-hetero) is 1. The van der Waals surface area contributed by atoms with Crippen molar-refractivity contribution >= 4 is 23.2 Å². The second-order valence-corrected chi connectivity index (χ2v) is 8.35. The number of rotatable bonds is 5. The number of ether oxygens (including phenoxy) is 1. The molecule has 0 amide bonds. The maximum Gasteiger partial charge on any atom is 0.315 e. The summed E-state index contributed by atoms with van der Waals surface area (Å²) < 4.78 is 11.0. The number of aliphatic imine (C=N–C) groups is 1. The van der Waals surface area contributed by atoms with Crippen LogP contribution in [0.5, 0.6) is 0 Å². The van der Waals surface area contributed by atoms with Gasteiger partial charge in [-0.2, -0.15) is 0 Å². The van der Waals surface area contributed by atoms with E-state index in [0.29, 0.717) is 29.9 Å². The number of ketones is 1. The minimum Gasteiger partial charge on any atom is -0.469 e. The van der Waals surface area contributed by atoms with E-state index in [1.54, 1.807) is 19.3 Å². The Hall–Kier alpha value is -3.15. The fourth-order valence-electron chi connectivity index (χ4n) is 4.65. The van der Waals surface area contributed by atoms with Crippen molar-refractivity contribution in [3.63, 3.8) is 0 Å². The molecule has 162 valence electrons. The van der Waals surface area contributed by atoms with Crippen molar-refractivity contribution in [3.05, 3.63) is 65.3 Å². The first kappa shape index (κ1) is 21.1. The average molecular weight is 421 g/mol. The molecular weight excluding hydrogens is 392 g/mol. The highest BCUT2D eigenvalue weighted by Gasteiger charge is 2.45. The van der Waals surface area contributed by atoms with Crippen molar-refractivity contribution in [3.8, 4) is 0 Å². The van der Waals surface area contributed by atoms with E-state index in [1.165, 1.54) is 0 Å². The Labute approximate surface area is 182 Å². The van der Waals surface area contributed by atoms with Gasteiger partial charge in [0.2, 0.25) is 0 Å². The van der Waals surface area contributed by atoms with Gasteiger partial charge in [-0.05, 0) is 56.0 Å². The van der Waals surface area contributed by atoms with E-state index in [1.807, 2.05) is 27.1 Å². The minimum absolute atomic E-state index is 0.0230. The number of furan rings is 1. The fraction of sp³-hybridized carbons (Fsp3) is 0.400. The molecule has 4 rings (SSSR count). The molecule has 0 radical (unpaired) electrons. The molecule has 2 aliphatic rings. The summed E-state index contributed by atoms with van der Waals surface area (Å²) in [5.74, 6) is -0.825. The van der Waals surface area contributed by atoms with Crippen LogP contribution in [0.4, 0.5) is 5.69 Å². The van der Waals surface area contributed by atoms with Gasteiger partial charge in [-0.15, -0.1) is 0 Å². The predicted molar refractivity (Wildman–Crippen MR) is 119 cm³/mol. The van der Waals surface area contributed by atoms with Crippen molar-refractivity contribution in [1.29, 1.82) is 0 Å². The highest BCUT2D eigenvalue weighted by Crippen LogP contribution is 2.47. The van der Waals surface area contributed by atoms with Gasteiger partial charge in [0.05, 0.1) is 18.8 Å². The summed E-state index contributed by atoms with van der Waals surface area (Å²) in [6.07, 6.45) is 2.62. The van der Waals surface area contributed by atoms with Crippen molar-refractivity contribution in [1.82, 2.24) is 0 Å². The van der Waals surface area contributed by atoms with Crippen LogP contribution in [0.25, 0.3) is 0 Å². The monoisotopic (exact) mass is 420 g/mol. The second-order valence-electron chi connectivity index (χ2n) is 8.35. The molecule has 0 fully saturated rings. The number of allylic oxidation sites excluding steroid dienone is 2. The molecule has 6 heteroatoms. The largest absolute Gasteiger partial charge is 0.469 e. The summed E-state index contributed by atoms with van der Waals surface area (Å²) in [4.78, 5) is 33.0. The molecule has 0 spiro atoms. The lowest BCUT2D eigenvalue weighted by molar-refractivity contribution is -0.146. The van der Waals surface area contributed by atoms with Crippen molar-refractivity contribution in [2.24, 2.45) is 10.9 Å². The molecule has 1 aliphatic carbocycles. The molecule has 6 nitrogen and oxygen atoms in total.